The zero-order chi connectivity index (χ0) is 18.6. The number of aromatic nitrogens is 1. The molecule has 5 nitrogen and oxygen atoms in total. The molecule has 1 aliphatic heterocycles. The van der Waals surface area contributed by atoms with Crippen molar-refractivity contribution in [2.24, 2.45) is 0 Å². The molecule has 27 heavy (non-hydrogen) atoms. The van der Waals surface area contributed by atoms with Crippen molar-refractivity contribution in [1.29, 1.82) is 0 Å². The van der Waals surface area contributed by atoms with E-state index in [-0.39, 0.29) is 12.0 Å². The highest BCUT2D eigenvalue weighted by Crippen LogP contribution is 2.26. The summed E-state index contributed by atoms with van der Waals surface area (Å²) in [6.07, 6.45) is 3.55. The molecule has 0 bridgehead atoms. The van der Waals surface area contributed by atoms with Crippen LogP contribution in [0.1, 0.15) is 12.8 Å². The summed E-state index contributed by atoms with van der Waals surface area (Å²) in [6, 6.07) is 18.3. The first-order chi connectivity index (χ1) is 13.2. The Morgan fingerprint density at radius 1 is 1.07 bits per heavy atom. The van der Waals surface area contributed by atoms with Gasteiger partial charge < -0.3 is 14.7 Å². The van der Waals surface area contributed by atoms with Crippen LogP contribution in [0.5, 0.6) is 5.75 Å². The number of pyridine rings is 1. The molecule has 0 aliphatic carbocycles. The van der Waals surface area contributed by atoms with Gasteiger partial charge in [0.25, 0.3) is 0 Å². The maximum absolute atomic E-state index is 11.5. The van der Waals surface area contributed by atoms with Gasteiger partial charge in [-0.3, -0.25) is 9.78 Å². The highest BCUT2D eigenvalue weighted by Gasteiger charge is 2.23. The fourth-order valence-corrected chi connectivity index (χ4v) is 3.47. The fraction of sp³-hybridized carbons (Fsp3) is 0.273. The van der Waals surface area contributed by atoms with Crippen molar-refractivity contribution < 1.29 is 14.6 Å². The van der Waals surface area contributed by atoms with Crippen molar-refractivity contribution in [1.82, 2.24) is 9.88 Å². The second-order valence-corrected chi connectivity index (χ2v) is 6.80. The van der Waals surface area contributed by atoms with Crippen LogP contribution in [0.15, 0.2) is 60.8 Å². The summed E-state index contributed by atoms with van der Waals surface area (Å²) in [4.78, 5) is 17.7. The Bertz CT molecular complexity index is 932. The van der Waals surface area contributed by atoms with Crippen molar-refractivity contribution in [3.8, 4) is 16.9 Å². The van der Waals surface area contributed by atoms with Crippen LogP contribution in [0.2, 0.25) is 0 Å². The number of aliphatic hydroxyl groups is 1. The lowest BCUT2D eigenvalue weighted by molar-refractivity contribution is -0.135. The first-order valence-corrected chi connectivity index (χ1v) is 9.23. The Balaban J connectivity index is 1.41. The quantitative estimate of drug-likeness (QED) is 0.774. The van der Waals surface area contributed by atoms with Crippen LogP contribution in [0.3, 0.4) is 0 Å². The zero-order valence-corrected chi connectivity index (χ0v) is 15.0. The Hall–Kier alpha value is -2.92. The summed E-state index contributed by atoms with van der Waals surface area (Å²) in [5, 5.41) is 10.1. The van der Waals surface area contributed by atoms with E-state index in [2.05, 4.69) is 17.1 Å². The Morgan fingerprint density at radius 2 is 1.81 bits per heavy atom. The van der Waals surface area contributed by atoms with E-state index in [0.29, 0.717) is 13.1 Å². The topological polar surface area (TPSA) is 62.7 Å². The Morgan fingerprint density at radius 3 is 2.56 bits per heavy atom. The Kier molecular flexibility index (Phi) is 5.03. The van der Waals surface area contributed by atoms with Crippen molar-refractivity contribution >= 4 is 16.8 Å². The summed E-state index contributed by atoms with van der Waals surface area (Å²) < 4.78 is 6.06. The highest BCUT2D eigenvalue weighted by molar-refractivity contribution is 5.83. The number of benzene rings is 2. The third kappa shape index (κ3) is 3.93. The van der Waals surface area contributed by atoms with Crippen LogP contribution in [0.4, 0.5) is 0 Å². The van der Waals surface area contributed by atoms with Gasteiger partial charge in [-0.1, -0.05) is 30.3 Å². The number of ether oxygens (including phenoxy) is 1. The van der Waals surface area contributed by atoms with Crippen molar-refractivity contribution in [3.05, 3.63) is 60.8 Å². The molecule has 1 fully saturated rings. The monoisotopic (exact) mass is 362 g/mol. The third-order valence-electron chi connectivity index (χ3n) is 5.01. The smallest absolute Gasteiger partial charge is 0.248 e. The number of amides is 1. The number of likely N-dealkylation sites (tertiary alicyclic amines) is 1. The molecule has 1 aromatic heterocycles. The predicted molar refractivity (Wildman–Crippen MR) is 104 cm³/mol. The molecule has 3 aromatic rings. The van der Waals surface area contributed by atoms with Crippen LogP contribution in [-0.4, -0.2) is 46.7 Å². The van der Waals surface area contributed by atoms with E-state index in [1.165, 1.54) is 0 Å². The van der Waals surface area contributed by atoms with Crippen LogP contribution in [0, 0.1) is 0 Å². The zero-order valence-electron chi connectivity index (χ0n) is 15.0. The van der Waals surface area contributed by atoms with Crippen LogP contribution in [-0.2, 0) is 4.79 Å². The van der Waals surface area contributed by atoms with E-state index in [1.54, 1.807) is 4.90 Å². The summed E-state index contributed by atoms with van der Waals surface area (Å²) in [5.74, 6) is 0.626. The molecule has 1 amide bonds. The molecule has 5 heteroatoms. The number of carbonyl (C=O) groups is 1. The lowest BCUT2D eigenvalue weighted by Crippen LogP contribution is -2.42. The summed E-state index contributed by atoms with van der Waals surface area (Å²) in [5.41, 5.74) is 3.17. The van der Waals surface area contributed by atoms with E-state index < -0.39 is 6.61 Å². The van der Waals surface area contributed by atoms with Gasteiger partial charge in [-0.15, -0.1) is 0 Å². The maximum atomic E-state index is 11.5. The molecule has 138 valence electrons. The third-order valence-corrected chi connectivity index (χ3v) is 5.01. The molecule has 0 unspecified atom stereocenters. The first-order valence-electron chi connectivity index (χ1n) is 9.23. The largest absolute Gasteiger partial charge is 0.490 e. The van der Waals surface area contributed by atoms with Gasteiger partial charge in [0.2, 0.25) is 5.91 Å². The average molecular weight is 362 g/mol. The molecular formula is C22H22N2O3. The Labute approximate surface area is 158 Å². The van der Waals surface area contributed by atoms with Crippen molar-refractivity contribution in [2.75, 3.05) is 19.7 Å². The summed E-state index contributed by atoms with van der Waals surface area (Å²) >= 11 is 0. The first kappa shape index (κ1) is 17.5. The molecule has 4 rings (SSSR count). The van der Waals surface area contributed by atoms with E-state index in [1.807, 2.05) is 48.7 Å². The van der Waals surface area contributed by atoms with E-state index >= 15 is 0 Å². The normalized spacial score (nSPS) is 15.1. The minimum atomic E-state index is -0.420. The molecule has 0 spiro atoms. The lowest BCUT2D eigenvalue weighted by Gasteiger charge is -2.31. The van der Waals surface area contributed by atoms with Gasteiger partial charge in [-0.25, -0.2) is 0 Å². The molecule has 2 aromatic carbocycles. The number of carbonyl (C=O) groups excluding carboxylic acids is 1. The number of rotatable bonds is 4. The molecular weight excluding hydrogens is 340 g/mol. The molecule has 2 heterocycles. The number of hydrogen-bond donors (Lipinski definition) is 1. The van der Waals surface area contributed by atoms with Crippen LogP contribution >= 0.6 is 0 Å². The number of hydrogen-bond acceptors (Lipinski definition) is 4. The molecule has 0 radical (unpaired) electrons. The number of piperidine rings is 1. The molecule has 1 N–H and O–H groups in total. The minimum absolute atomic E-state index is 0.0981. The average Bonchev–Trinajstić information content (AvgIpc) is 2.74. The number of para-hydroxylation sites is 1. The van der Waals surface area contributed by atoms with Gasteiger partial charge in [0.15, 0.2) is 0 Å². The number of aliphatic hydroxyl groups excluding tert-OH is 1. The minimum Gasteiger partial charge on any atom is -0.490 e. The number of fused-ring (bicyclic) bond motifs is 1. The summed E-state index contributed by atoms with van der Waals surface area (Å²) in [6.45, 7) is 0.840. The maximum Gasteiger partial charge on any atom is 0.248 e. The molecule has 0 atom stereocenters. The van der Waals surface area contributed by atoms with E-state index in [9.17, 15) is 4.79 Å². The molecule has 1 aliphatic rings. The van der Waals surface area contributed by atoms with Crippen molar-refractivity contribution in [3.63, 3.8) is 0 Å². The molecule has 0 saturated carbocycles. The van der Waals surface area contributed by atoms with Gasteiger partial charge in [-0.2, -0.15) is 0 Å². The van der Waals surface area contributed by atoms with Crippen LogP contribution in [0.25, 0.3) is 22.0 Å². The van der Waals surface area contributed by atoms with Gasteiger partial charge in [0.05, 0.1) is 5.52 Å². The van der Waals surface area contributed by atoms with Crippen LogP contribution < -0.4 is 4.74 Å². The standard InChI is InChI=1S/C22H22N2O3/c25-15-22(26)24-11-9-20(10-12-24)27-19-7-5-16(6-8-19)18-13-17-3-1-2-4-21(17)23-14-18/h1-8,13-14,20,25H,9-12,15H2. The number of nitrogens with zero attached hydrogens (tertiary/aromatic N) is 2. The van der Waals surface area contributed by atoms with Gasteiger partial charge >= 0.3 is 0 Å². The van der Waals surface area contributed by atoms with Gasteiger partial charge in [0, 0.05) is 43.1 Å². The van der Waals surface area contributed by atoms with E-state index in [0.717, 1.165) is 40.6 Å². The van der Waals surface area contributed by atoms with Crippen molar-refractivity contribution in [2.45, 2.75) is 18.9 Å². The second kappa shape index (κ2) is 7.76. The highest BCUT2D eigenvalue weighted by atomic mass is 16.5. The van der Waals surface area contributed by atoms with E-state index in [4.69, 9.17) is 9.84 Å². The lowest BCUT2D eigenvalue weighted by atomic mass is 10.0. The van der Waals surface area contributed by atoms with Gasteiger partial charge in [-0.05, 0) is 29.8 Å². The summed E-state index contributed by atoms with van der Waals surface area (Å²) in [7, 11) is 0. The second-order valence-electron chi connectivity index (χ2n) is 6.80. The molecule has 1 saturated heterocycles. The predicted octanol–water partition coefficient (Wildman–Crippen LogP) is 3.26. The fourth-order valence-electron chi connectivity index (χ4n) is 3.47. The van der Waals surface area contributed by atoms with Gasteiger partial charge in [0.1, 0.15) is 18.5 Å². The SMILES string of the molecule is O=C(CO)N1CCC(Oc2ccc(-c3cnc4ccccc4c3)cc2)CC1.